The highest BCUT2D eigenvalue weighted by Crippen LogP contribution is 2.22. The van der Waals surface area contributed by atoms with Crippen molar-refractivity contribution in [2.75, 3.05) is 19.8 Å². The lowest BCUT2D eigenvalue weighted by Crippen LogP contribution is -2.48. The van der Waals surface area contributed by atoms with E-state index in [1.54, 1.807) is 0 Å². The molecule has 0 saturated carbocycles. The van der Waals surface area contributed by atoms with Gasteiger partial charge in [-0.05, 0) is 42.5 Å². The molecule has 2 heterocycles. The highest BCUT2D eigenvalue weighted by Gasteiger charge is 2.23. The molecule has 2 aliphatic rings. The smallest absolute Gasteiger partial charge is 0.317 e. The number of nitrogens with zero attached hydrogens (tertiary/aromatic N) is 1. The van der Waals surface area contributed by atoms with Crippen molar-refractivity contribution in [3.8, 4) is 0 Å². The summed E-state index contributed by atoms with van der Waals surface area (Å²) in [5, 5.41) is 3.88. The van der Waals surface area contributed by atoms with Gasteiger partial charge in [-0.1, -0.05) is 17.7 Å². The molecule has 0 unspecified atom stereocenters. The molecule has 0 bridgehead atoms. The summed E-state index contributed by atoms with van der Waals surface area (Å²) in [5.41, 5.74) is 2.45. The van der Waals surface area contributed by atoms with Crippen molar-refractivity contribution in [1.29, 1.82) is 0 Å². The van der Waals surface area contributed by atoms with E-state index in [2.05, 4.69) is 5.32 Å². The molecule has 1 saturated heterocycles. The minimum atomic E-state index is 0.0394. The Balaban J connectivity index is 1.61. The normalized spacial score (nSPS) is 19.6. The Hall–Kier alpha value is -1.26. The summed E-state index contributed by atoms with van der Waals surface area (Å²) >= 11 is 6.00. The van der Waals surface area contributed by atoms with Crippen LogP contribution in [0.2, 0.25) is 5.02 Å². The molecule has 1 aromatic rings. The Morgan fingerprint density at radius 3 is 2.90 bits per heavy atom. The molecule has 20 heavy (non-hydrogen) atoms. The Kier molecular flexibility index (Phi) is 4.13. The molecule has 1 N–H and O–H groups in total. The minimum Gasteiger partial charge on any atom is -0.381 e. The van der Waals surface area contributed by atoms with Gasteiger partial charge in [0.25, 0.3) is 0 Å². The first-order valence-corrected chi connectivity index (χ1v) is 7.50. The average Bonchev–Trinajstić information content (AvgIpc) is 2.47. The minimum absolute atomic E-state index is 0.0394. The Labute approximate surface area is 124 Å². The second-order valence-corrected chi connectivity index (χ2v) is 5.86. The molecule has 2 aliphatic heterocycles. The fourth-order valence-corrected chi connectivity index (χ4v) is 3.00. The van der Waals surface area contributed by atoms with E-state index in [-0.39, 0.29) is 12.1 Å². The number of amides is 2. The second kappa shape index (κ2) is 6.02. The maximum Gasteiger partial charge on any atom is 0.317 e. The van der Waals surface area contributed by atoms with E-state index in [0.717, 1.165) is 44.0 Å². The number of benzene rings is 1. The Bertz CT molecular complexity index is 501. The third-order valence-electron chi connectivity index (χ3n) is 4.02. The van der Waals surface area contributed by atoms with E-state index in [0.29, 0.717) is 6.54 Å². The Morgan fingerprint density at radius 1 is 1.30 bits per heavy atom. The zero-order valence-electron chi connectivity index (χ0n) is 11.4. The highest BCUT2D eigenvalue weighted by atomic mass is 35.5. The SMILES string of the molecule is O=C(NC1CCOCC1)N1CCc2cc(Cl)ccc2C1. The largest absolute Gasteiger partial charge is 0.381 e. The van der Waals surface area contributed by atoms with Gasteiger partial charge in [-0.2, -0.15) is 0 Å². The number of carbonyl (C=O) groups is 1. The van der Waals surface area contributed by atoms with E-state index in [1.807, 2.05) is 23.1 Å². The van der Waals surface area contributed by atoms with Gasteiger partial charge in [0, 0.05) is 37.4 Å². The number of rotatable bonds is 1. The van der Waals surface area contributed by atoms with Crippen LogP contribution in [0.15, 0.2) is 18.2 Å². The lowest BCUT2D eigenvalue weighted by Gasteiger charge is -2.31. The highest BCUT2D eigenvalue weighted by molar-refractivity contribution is 6.30. The molecule has 3 rings (SSSR count). The van der Waals surface area contributed by atoms with Crippen LogP contribution >= 0.6 is 11.6 Å². The van der Waals surface area contributed by atoms with Crippen molar-refractivity contribution in [3.63, 3.8) is 0 Å². The van der Waals surface area contributed by atoms with Crippen LogP contribution in [0.5, 0.6) is 0 Å². The van der Waals surface area contributed by atoms with Gasteiger partial charge < -0.3 is 15.0 Å². The molecular weight excluding hydrogens is 276 g/mol. The first-order valence-electron chi connectivity index (χ1n) is 7.13. The fraction of sp³-hybridized carbons (Fsp3) is 0.533. The molecule has 1 fully saturated rings. The van der Waals surface area contributed by atoms with Crippen molar-refractivity contribution in [3.05, 3.63) is 34.3 Å². The molecule has 0 aliphatic carbocycles. The van der Waals surface area contributed by atoms with Crippen LogP contribution in [0.25, 0.3) is 0 Å². The van der Waals surface area contributed by atoms with Crippen LogP contribution in [0.3, 0.4) is 0 Å². The lowest BCUT2D eigenvalue weighted by molar-refractivity contribution is 0.0778. The number of ether oxygens (including phenoxy) is 1. The molecule has 4 nitrogen and oxygen atoms in total. The van der Waals surface area contributed by atoms with Gasteiger partial charge in [-0.25, -0.2) is 4.79 Å². The van der Waals surface area contributed by atoms with Crippen molar-refractivity contribution < 1.29 is 9.53 Å². The van der Waals surface area contributed by atoms with Crippen molar-refractivity contribution in [2.45, 2.75) is 31.8 Å². The molecule has 2 amide bonds. The average molecular weight is 295 g/mol. The zero-order chi connectivity index (χ0) is 13.9. The molecule has 0 spiro atoms. The van der Waals surface area contributed by atoms with Gasteiger partial charge >= 0.3 is 6.03 Å². The number of hydrogen-bond donors (Lipinski definition) is 1. The standard InChI is InChI=1S/C15H19ClN2O2/c16-13-2-1-12-10-18(6-3-11(12)9-13)15(19)17-14-4-7-20-8-5-14/h1-2,9,14H,3-8,10H2,(H,17,19). The van der Waals surface area contributed by atoms with Crippen molar-refractivity contribution >= 4 is 17.6 Å². The van der Waals surface area contributed by atoms with E-state index in [1.165, 1.54) is 11.1 Å². The van der Waals surface area contributed by atoms with Crippen LogP contribution in [0.1, 0.15) is 24.0 Å². The van der Waals surface area contributed by atoms with E-state index in [9.17, 15) is 4.79 Å². The van der Waals surface area contributed by atoms with Gasteiger partial charge in [0.1, 0.15) is 0 Å². The maximum absolute atomic E-state index is 12.3. The summed E-state index contributed by atoms with van der Waals surface area (Å²) in [6, 6.07) is 6.21. The van der Waals surface area contributed by atoms with Crippen LogP contribution in [0.4, 0.5) is 4.79 Å². The first kappa shape index (κ1) is 13.7. The van der Waals surface area contributed by atoms with Crippen LogP contribution < -0.4 is 5.32 Å². The molecule has 0 atom stereocenters. The third-order valence-corrected chi connectivity index (χ3v) is 4.25. The molecule has 1 aromatic carbocycles. The monoisotopic (exact) mass is 294 g/mol. The van der Waals surface area contributed by atoms with Crippen molar-refractivity contribution in [2.24, 2.45) is 0 Å². The predicted octanol–water partition coefficient (Wildman–Crippen LogP) is 2.59. The quantitative estimate of drug-likeness (QED) is 0.865. The van der Waals surface area contributed by atoms with E-state index < -0.39 is 0 Å². The summed E-state index contributed by atoms with van der Waals surface area (Å²) in [5.74, 6) is 0. The van der Waals surface area contributed by atoms with Gasteiger partial charge in [-0.15, -0.1) is 0 Å². The van der Waals surface area contributed by atoms with Crippen molar-refractivity contribution in [1.82, 2.24) is 10.2 Å². The van der Waals surface area contributed by atoms with Gasteiger partial charge in [0.2, 0.25) is 0 Å². The summed E-state index contributed by atoms with van der Waals surface area (Å²) in [4.78, 5) is 14.2. The van der Waals surface area contributed by atoms with Gasteiger partial charge in [0.05, 0.1) is 0 Å². The third kappa shape index (κ3) is 3.07. The van der Waals surface area contributed by atoms with E-state index in [4.69, 9.17) is 16.3 Å². The van der Waals surface area contributed by atoms with Crippen LogP contribution in [0, 0.1) is 0 Å². The Morgan fingerprint density at radius 2 is 2.10 bits per heavy atom. The fourth-order valence-electron chi connectivity index (χ4n) is 2.80. The predicted molar refractivity (Wildman–Crippen MR) is 77.9 cm³/mol. The molecule has 0 radical (unpaired) electrons. The summed E-state index contributed by atoms with van der Waals surface area (Å²) in [7, 11) is 0. The van der Waals surface area contributed by atoms with Gasteiger partial charge in [-0.3, -0.25) is 0 Å². The van der Waals surface area contributed by atoms with E-state index >= 15 is 0 Å². The number of hydrogen-bond acceptors (Lipinski definition) is 2. The van der Waals surface area contributed by atoms with Crippen LogP contribution in [-0.4, -0.2) is 36.7 Å². The molecule has 5 heteroatoms. The summed E-state index contributed by atoms with van der Waals surface area (Å²) < 4.78 is 5.31. The van der Waals surface area contributed by atoms with Crippen LogP contribution in [-0.2, 0) is 17.7 Å². The molecule has 0 aromatic heterocycles. The first-order chi connectivity index (χ1) is 9.72. The van der Waals surface area contributed by atoms with Gasteiger partial charge in [0.15, 0.2) is 0 Å². The zero-order valence-corrected chi connectivity index (χ0v) is 12.2. The summed E-state index contributed by atoms with van der Waals surface area (Å²) in [6.07, 6.45) is 2.69. The second-order valence-electron chi connectivity index (χ2n) is 5.42. The number of urea groups is 1. The molecular formula is C15H19ClN2O2. The number of halogens is 1. The summed E-state index contributed by atoms with van der Waals surface area (Å²) in [6.45, 7) is 2.91. The number of carbonyl (C=O) groups excluding carboxylic acids is 1. The lowest BCUT2D eigenvalue weighted by atomic mass is 10.00. The number of fused-ring (bicyclic) bond motifs is 1. The number of nitrogens with one attached hydrogen (secondary N) is 1. The topological polar surface area (TPSA) is 41.6 Å². The maximum atomic E-state index is 12.3. The molecule has 108 valence electrons.